The third kappa shape index (κ3) is 4.12. The number of amides is 1. The number of carbonyl (C=O) groups is 1. The Morgan fingerprint density at radius 1 is 1.30 bits per heavy atom. The molecule has 128 valence electrons. The fraction of sp³-hybridized carbons (Fsp3) is 0.562. The largest absolute Gasteiger partial charge is 0.481 e. The van der Waals surface area contributed by atoms with Crippen LogP contribution in [0.5, 0.6) is 5.75 Å². The predicted octanol–water partition coefficient (Wildman–Crippen LogP) is 2.51. The number of hydrogen-bond donors (Lipinski definition) is 1. The molecule has 2 atom stereocenters. The van der Waals surface area contributed by atoms with Gasteiger partial charge in [-0.3, -0.25) is 4.79 Å². The van der Waals surface area contributed by atoms with E-state index >= 15 is 0 Å². The van der Waals surface area contributed by atoms with Gasteiger partial charge in [-0.05, 0) is 37.8 Å². The van der Waals surface area contributed by atoms with E-state index in [-0.39, 0.29) is 36.7 Å². The van der Waals surface area contributed by atoms with Crippen LogP contribution in [-0.4, -0.2) is 42.6 Å². The van der Waals surface area contributed by atoms with Gasteiger partial charge in [-0.2, -0.15) is 0 Å². The van der Waals surface area contributed by atoms with E-state index in [9.17, 15) is 13.6 Å². The Balaban J connectivity index is 0.00000192. The minimum atomic E-state index is -0.796. The second kappa shape index (κ2) is 7.45. The van der Waals surface area contributed by atoms with E-state index in [1.807, 2.05) is 0 Å². The first kappa shape index (κ1) is 17.9. The summed E-state index contributed by atoms with van der Waals surface area (Å²) < 4.78 is 31.5. The lowest BCUT2D eigenvalue weighted by Gasteiger charge is -2.35. The van der Waals surface area contributed by atoms with Crippen molar-refractivity contribution in [3.05, 3.63) is 29.8 Å². The summed E-state index contributed by atoms with van der Waals surface area (Å²) in [6, 6.07) is 4.24. The van der Waals surface area contributed by atoms with Gasteiger partial charge in [0.05, 0.1) is 0 Å². The number of fused-ring (bicyclic) bond motifs is 2. The summed E-state index contributed by atoms with van der Waals surface area (Å²) in [4.78, 5) is 13.9. The molecule has 2 saturated heterocycles. The van der Waals surface area contributed by atoms with Crippen molar-refractivity contribution in [3.63, 3.8) is 0 Å². The Morgan fingerprint density at radius 2 is 1.96 bits per heavy atom. The zero-order valence-electron chi connectivity index (χ0n) is 12.9. The van der Waals surface area contributed by atoms with Crippen LogP contribution in [0, 0.1) is 11.6 Å². The highest BCUT2D eigenvalue weighted by Crippen LogP contribution is 2.29. The molecule has 2 aliphatic heterocycles. The number of halogens is 3. The van der Waals surface area contributed by atoms with Gasteiger partial charge in [0, 0.05) is 31.2 Å². The first-order valence-electron chi connectivity index (χ1n) is 7.62. The molecule has 2 bridgehead atoms. The number of likely N-dealkylation sites (N-methyl/N-ethyl adjacent to an activating group) is 1. The lowest BCUT2D eigenvalue weighted by atomic mass is 9.98. The molecule has 0 aromatic heterocycles. The minimum Gasteiger partial charge on any atom is -0.481 e. The highest BCUT2D eigenvalue weighted by Gasteiger charge is 2.36. The standard InChI is InChI=1S/C16H20F2N2O2.ClH/c1-20(13-7-11-3-4-12(8-13)19-11)16(21)9-22-15-5-2-10(17)6-14(15)18;/h2,5-6,11-13,19H,3-4,7-9H2,1H3;1H. The molecule has 1 N–H and O–H groups in total. The molecule has 1 aromatic carbocycles. The van der Waals surface area contributed by atoms with Crippen molar-refractivity contribution in [2.24, 2.45) is 0 Å². The number of benzene rings is 1. The van der Waals surface area contributed by atoms with Crippen molar-refractivity contribution in [1.29, 1.82) is 0 Å². The van der Waals surface area contributed by atoms with Gasteiger partial charge < -0.3 is 15.0 Å². The summed E-state index contributed by atoms with van der Waals surface area (Å²) in [5.41, 5.74) is 0. The number of ether oxygens (including phenoxy) is 1. The van der Waals surface area contributed by atoms with Gasteiger partial charge >= 0.3 is 0 Å². The van der Waals surface area contributed by atoms with Crippen LogP contribution in [0.2, 0.25) is 0 Å². The average molecular weight is 347 g/mol. The highest BCUT2D eigenvalue weighted by atomic mass is 35.5. The Morgan fingerprint density at radius 3 is 2.57 bits per heavy atom. The first-order valence-corrected chi connectivity index (χ1v) is 7.62. The lowest BCUT2D eigenvalue weighted by Crippen LogP contribution is -2.49. The number of rotatable bonds is 4. The molecule has 1 aromatic rings. The van der Waals surface area contributed by atoms with Crippen LogP contribution in [0.3, 0.4) is 0 Å². The monoisotopic (exact) mass is 346 g/mol. The topological polar surface area (TPSA) is 41.6 Å². The fourth-order valence-corrected chi connectivity index (χ4v) is 3.38. The summed E-state index contributed by atoms with van der Waals surface area (Å²) in [6.45, 7) is -0.238. The van der Waals surface area contributed by atoms with Gasteiger partial charge in [0.15, 0.2) is 18.2 Å². The number of nitrogens with zero attached hydrogens (tertiary/aromatic N) is 1. The number of carbonyl (C=O) groups excluding carboxylic acids is 1. The van der Waals surface area contributed by atoms with Crippen LogP contribution < -0.4 is 10.1 Å². The molecule has 0 saturated carbocycles. The van der Waals surface area contributed by atoms with Gasteiger partial charge in [-0.1, -0.05) is 0 Å². The Labute approximate surface area is 140 Å². The van der Waals surface area contributed by atoms with Gasteiger partial charge in [0.25, 0.3) is 5.91 Å². The maximum atomic E-state index is 13.5. The number of piperidine rings is 1. The van der Waals surface area contributed by atoms with E-state index in [2.05, 4.69) is 5.32 Å². The van der Waals surface area contributed by atoms with Crippen LogP contribution in [0.4, 0.5) is 8.78 Å². The molecule has 3 rings (SSSR count). The van der Waals surface area contributed by atoms with Crippen molar-refractivity contribution in [2.45, 2.75) is 43.8 Å². The highest BCUT2D eigenvalue weighted by molar-refractivity contribution is 5.85. The summed E-state index contributed by atoms with van der Waals surface area (Å²) in [5.74, 6) is -1.75. The van der Waals surface area contributed by atoms with Crippen molar-refractivity contribution in [3.8, 4) is 5.75 Å². The molecule has 4 nitrogen and oxygen atoms in total. The molecular weight excluding hydrogens is 326 g/mol. The van der Waals surface area contributed by atoms with Crippen molar-refractivity contribution >= 4 is 18.3 Å². The maximum absolute atomic E-state index is 13.5. The number of nitrogens with one attached hydrogen (secondary N) is 1. The van der Waals surface area contributed by atoms with Gasteiger partial charge in [0.1, 0.15) is 5.82 Å². The fourth-order valence-electron chi connectivity index (χ4n) is 3.38. The summed E-state index contributed by atoms with van der Waals surface area (Å²) >= 11 is 0. The van der Waals surface area contributed by atoms with Crippen molar-refractivity contribution < 1.29 is 18.3 Å². The quantitative estimate of drug-likeness (QED) is 0.910. The van der Waals surface area contributed by atoms with E-state index in [4.69, 9.17) is 4.74 Å². The Bertz CT molecular complexity index is 561. The molecule has 2 aliphatic rings. The lowest BCUT2D eigenvalue weighted by molar-refractivity contribution is -0.134. The second-order valence-electron chi connectivity index (χ2n) is 6.13. The van der Waals surface area contributed by atoms with Crippen LogP contribution >= 0.6 is 12.4 Å². The van der Waals surface area contributed by atoms with E-state index < -0.39 is 11.6 Å². The van der Waals surface area contributed by atoms with E-state index in [1.54, 1.807) is 11.9 Å². The van der Waals surface area contributed by atoms with E-state index in [0.717, 1.165) is 25.0 Å². The molecule has 1 amide bonds. The number of hydrogen-bond acceptors (Lipinski definition) is 3. The average Bonchev–Trinajstić information content (AvgIpc) is 2.83. The molecule has 2 heterocycles. The summed E-state index contributed by atoms with van der Waals surface area (Å²) in [7, 11) is 1.77. The zero-order valence-corrected chi connectivity index (χ0v) is 13.7. The molecule has 7 heteroatoms. The van der Waals surface area contributed by atoms with Gasteiger partial charge in [-0.15, -0.1) is 12.4 Å². The maximum Gasteiger partial charge on any atom is 0.260 e. The van der Waals surface area contributed by atoms with Gasteiger partial charge in [0.2, 0.25) is 0 Å². The van der Waals surface area contributed by atoms with Gasteiger partial charge in [-0.25, -0.2) is 8.78 Å². The third-order valence-corrected chi connectivity index (χ3v) is 4.63. The van der Waals surface area contributed by atoms with E-state index in [1.165, 1.54) is 18.9 Å². The predicted molar refractivity (Wildman–Crippen MR) is 84.8 cm³/mol. The normalized spacial score (nSPS) is 25.6. The third-order valence-electron chi connectivity index (χ3n) is 4.63. The van der Waals surface area contributed by atoms with Crippen LogP contribution in [0.15, 0.2) is 18.2 Å². The minimum absolute atomic E-state index is 0. The molecule has 2 fully saturated rings. The summed E-state index contributed by atoms with van der Waals surface area (Å²) in [6.07, 6.45) is 4.23. The van der Waals surface area contributed by atoms with E-state index in [0.29, 0.717) is 12.1 Å². The first-order chi connectivity index (χ1) is 10.5. The SMILES string of the molecule is CN(C(=O)COc1ccc(F)cc1F)C1CC2CCC(C1)N2.Cl. The Kier molecular flexibility index (Phi) is 5.81. The van der Waals surface area contributed by atoms with Crippen molar-refractivity contribution in [1.82, 2.24) is 10.2 Å². The molecule has 0 spiro atoms. The van der Waals surface area contributed by atoms with Crippen LogP contribution in [0.25, 0.3) is 0 Å². The van der Waals surface area contributed by atoms with Crippen LogP contribution in [0.1, 0.15) is 25.7 Å². The molecule has 0 radical (unpaired) electrons. The second-order valence-corrected chi connectivity index (χ2v) is 6.13. The molecular formula is C16H21ClF2N2O2. The Hall–Kier alpha value is -1.40. The summed E-state index contributed by atoms with van der Waals surface area (Å²) in [5, 5.41) is 3.53. The molecule has 2 unspecified atom stereocenters. The molecule has 0 aliphatic carbocycles. The van der Waals surface area contributed by atoms with Crippen LogP contribution in [-0.2, 0) is 4.79 Å². The van der Waals surface area contributed by atoms with Crippen molar-refractivity contribution in [2.75, 3.05) is 13.7 Å². The smallest absolute Gasteiger partial charge is 0.260 e. The zero-order chi connectivity index (χ0) is 15.7. The molecule has 23 heavy (non-hydrogen) atoms.